The van der Waals surface area contributed by atoms with E-state index in [9.17, 15) is 9.59 Å². The normalized spacial score (nSPS) is 16.3. The van der Waals surface area contributed by atoms with Crippen molar-refractivity contribution in [1.29, 1.82) is 0 Å². The molecule has 27 heavy (non-hydrogen) atoms. The Bertz CT molecular complexity index is 838. The lowest BCUT2D eigenvalue weighted by molar-refractivity contribution is -0.122. The Morgan fingerprint density at radius 1 is 1.26 bits per heavy atom. The molecular formula is C20H21ClN2O4. The minimum absolute atomic E-state index is 0.0768. The van der Waals surface area contributed by atoms with Crippen molar-refractivity contribution < 1.29 is 19.1 Å². The minimum Gasteiger partial charge on any atom is -0.495 e. The van der Waals surface area contributed by atoms with Gasteiger partial charge in [-0.1, -0.05) is 11.6 Å². The van der Waals surface area contributed by atoms with Crippen molar-refractivity contribution in [2.75, 3.05) is 30.5 Å². The molecule has 0 radical (unpaired) electrons. The van der Waals surface area contributed by atoms with E-state index < -0.39 is 5.92 Å². The Balaban J connectivity index is 1.65. The van der Waals surface area contributed by atoms with Gasteiger partial charge >= 0.3 is 0 Å². The van der Waals surface area contributed by atoms with Crippen molar-refractivity contribution in [1.82, 2.24) is 0 Å². The summed E-state index contributed by atoms with van der Waals surface area (Å²) in [6.07, 6.45) is 0.170. The smallest absolute Gasteiger partial charge is 0.229 e. The number of hydrogen-bond acceptors (Lipinski definition) is 4. The molecule has 0 aliphatic carbocycles. The zero-order chi connectivity index (χ0) is 19.4. The van der Waals surface area contributed by atoms with Gasteiger partial charge in [0.05, 0.1) is 24.7 Å². The van der Waals surface area contributed by atoms with Crippen LogP contribution in [0.1, 0.15) is 13.3 Å². The number of anilines is 2. The van der Waals surface area contributed by atoms with Crippen LogP contribution in [0.4, 0.5) is 11.4 Å². The zero-order valence-corrected chi connectivity index (χ0v) is 16.0. The molecule has 6 nitrogen and oxygen atoms in total. The Morgan fingerprint density at radius 2 is 2.00 bits per heavy atom. The summed E-state index contributed by atoms with van der Waals surface area (Å²) in [4.78, 5) is 26.6. The van der Waals surface area contributed by atoms with Gasteiger partial charge in [0.25, 0.3) is 0 Å². The van der Waals surface area contributed by atoms with Crippen molar-refractivity contribution >= 4 is 34.8 Å². The fraction of sp³-hybridized carbons (Fsp3) is 0.300. The summed E-state index contributed by atoms with van der Waals surface area (Å²) in [5.74, 6) is 0.570. The zero-order valence-electron chi connectivity index (χ0n) is 15.2. The van der Waals surface area contributed by atoms with Gasteiger partial charge in [0, 0.05) is 24.3 Å². The monoisotopic (exact) mass is 388 g/mol. The third kappa shape index (κ3) is 4.34. The molecule has 1 heterocycles. The maximum absolute atomic E-state index is 12.6. The predicted molar refractivity (Wildman–Crippen MR) is 105 cm³/mol. The van der Waals surface area contributed by atoms with Crippen LogP contribution in [0.3, 0.4) is 0 Å². The molecule has 0 spiro atoms. The fourth-order valence-electron chi connectivity index (χ4n) is 3.01. The number of nitrogens with zero attached hydrogens (tertiary/aromatic N) is 1. The maximum Gasteiger partial charge on any atom is 0.229 e. The predicted octanol–water partition coefficient (Wildman–Crippen LogP) is 3.74. The lowest BCUT2D eigenvalue weighted by Crippen LogP contribution is -2.28. The van der Waals surface area contributed by atoms with Crippen LogP contribution < -0.4 is 19.7 Å². The second-order valence-electron chi connectivity index (χ2n) is 6.17. The van der Waals surface area contributed by atoms with E-state index in [-0.39, 0.29) is 18.2 Å². The standard InChI is InChI=1S/C20H21ClN2O4/c1-3-27-16-7-5-15(6-8-16)23-12-13(10-19(23)24)20(25)22-14-4-9-18(26-2)17(21)11-14/h4-9,11,13H,3,10,12H2,1-2H3,(H,22,25)/t13-/m1/s1. The summed E-state index contributed by atoms with van der Waals surface area (Å²) >= 11 is 6.09. The molecule has 142 valence electrons. The van der Waals surface area contributed by atoms with E-state index in [4.69, 9.17) is 21.1 Å². The highest BCUT2D eigenvalue weighted by Crippen LogP contribution is 2.30. The quantitative estimate of drug-likeness (QED) is 0.818. The molecule has 1 fully saturated rings. The third-order valence-electron chi connectivity index (χ3n) is 4.37. The van der Waals surface area contributed by atoms with Crippen molar-refractivity contribution in [2.24, 2.45) is 5.92 Å². The van der Waals surface area contributed by atoms with E-state index >= 15 is 0 Å². The SMILES string of the molecule is CCOc1ccc(N2C[C@H](C(=O)Nc3ccc(OC)c(Cl)c3)CC2=O)cc1. The lowest BCUT2D eigenvalue weighted by Gasteiger charge is -2.17. The molecule has 2 aromatic carbocycles. The second-order valence-corrected chi connectivity index (χ2v) is 6.58. The summed E-state index contributed by atoms with van der Waals surface area (Å²) in [6, 6.07) is 12.3. The number of amides is 2. The number of rotatable bonds is 6. The first-order valence-electron chi connectivity index (χ1n) is 8.69. The number of halogens is 1. The summed E-state index contributed by atoms with van der Waals surface area (Å²) in [6.45, 7) is 2.83. The van der Waals surface area contributed by atoms with Gasteiger partial charge in [0.15, 0.2) is 0 Å². The molecule has 1 atom stereocenters. The fourth-order valence-corrected chi connectivity index (χ4v) is 3.27. The Hall–Kier alpha value is -2.73. The van der Waals surface area contributed by atoms with Gasteiger partial charge in [0.1, 0.15) is 11.5 Å². The minimum atomic E-state index is -0.426. The number of benzene rings is 2. The number of ether oxygens (including phenoxy) is 2. The van der Waals surface area contributed by atoms with E-state index in [1.807, 2.05) is 31.2 Å². The molecule has 3 rings (SSSR count). The largest absolute Gasteiger partial charge is 0.495 e. The molecule has 1 saturated heterocycles. The van der Waals surface area contributed by atoms with E-state index in [1.165, 1.54) is 7.11 Å². The number of carbonyl (C=O) groups excluding carboxylic acids is 2. The van der Waals surface area contributed by atoms with Gasteiger partial charge in [-0.15, -0.1) is 0 Å². The van der Waals surface area contributed by atoms with Crippen molar-refractivity contribution in [3.05, 3.63) is 47.5 Å². The molecule has 2 amide bonds. The number of methoxy groups -OCH3 is 1. The molecule has 0 saturated carbocycles. The highest BCUT2D eigenvalue weighted by atomic mass is 35.5. The van der Waals surface area contributed by atoms with Crippen LogP contribution in [0.2, 0.25) is 5.02 Å². The lowest BCUT2D eigenvalue weighted by atomic mass is 10.1. The summed E-state index contributed by atoms with van der Waals surface area (Å²) in [5.41, 5.74) is 1.32. The van der Waals surface area contributed by atoms with Crippen LogP contribution >= 0.6 is 11.6 Å². The summed E-state index contributed by atoms with van der Waals surface area (Å²) in [5, 5.41) is 3.23. The molecule has 1 N–H and O–H groups in total. The highest BCUT2D eigenvalue weighted by Gasteiger charge is 2.35. The molecule has 0 bridgehead atoms. The van der Waals surface area contributed by atoms with Gasteiger partial charge in [-0.05, 0) is 49.4 Å². The van der Waals surface area contributed by atoms with Crippen molar-refractivity contribution in [3.8, 4) is 11.5 Å². The topological polar surface area (TPSA) is 67.9 Å². The summed E-state index contributed by atoms with van der Waals surface area (Å²) in [7, 11) is 1.53. The van der Waals surface area contributed by atoms with Gasteiger partial charge in [0.2, 0.25) is 11.8 Å². The van der Waals surface area contributed by atoms with E-state index in [1.54, 1.807) is 23.1 Å². The van der Waals surface area contributed by atoms with Gasteiger partial charge in [-0.25, -0.2) is 0 Å². The van der Waals surface area contributed by atoms with Crippen LogP contribution in [0.25, 0.3) is 0 Å². The molecule has 7 heteroatoms. The first-order valence-corrected chi connectivity index (χ1v) is 9.07. The molecule has 0 aromatic heterocycles. The molecular weight excluding hydrogens is 368 g/mol. The van der Waals surface area contributed by atoms with E-state index in [0.717, 1.165) is 11.4 Å². The van der Waals surface area contributed by atoms with Crippen LogP contribution in [0.15, 0.2) is 42.5 Å². The highest BCUT2D eigenvalue weighted by molar-refractivity contribution is 6.32. The molecule has 1 aliphatic rings. The Labute approximate surface area is 163 Å². The maximum atomic E-state index is 12.6. The number of carbonyl (C=O) groups is 2. The first-order chi connectivity index (χ1) is 13.0. The summed E-state index contributed by atoms with van der Waals surface area (Å²) < 4.78 is 10.5. The average molecular weight is 389 g/mol. The van der Waals surface area contributed by atoms with Crippen LogP contribution in [-0.4, -0.2) is 32.1 Å². The first kappa shape index (κ1) is 19.0. The Morgan fingerprint density at radius 3 is 2.63 bits per heavy atom. The Kier molecular flexibility index (Phi) is 5.86. The number of nitrogens with one attached hydrogen (secondary N) is 1. The van der Waals surface area contributed by atoms with Crippen LogP contribution in [0.5, 0.6) is 11.5 Å². The van der Waals surface area contributed by atoms with Gasteiger partial charge in [-0.3, -0.25) is 9.59 Å². The molecule has 0 unspecified atom stereocenters. The molecule has 1 aliphatic heterocycles. The molecule has 2 aromatic rings. The van der Waals surface area contributed by atoms with E-state index in [2.05, 4.69) is 5.32 Å². The average Bonchev–Trinajstić information content (AvgIpc) is 3.05. The number of hydrogen-bond donors (Lipinski definition) is 1. The van der Waals surface area contributed by atoms with Gasteiger partial charge in [-0.2, -0.15) is 0 Å². The van der Waals surface area contributed by atoms with Crippen molar-refractivity contribution in [2.45, 2.75) is 13.3 Å². The third-order valence-corrected chi connectivity index (χ3v) is 4.67. The second kappa shape index (κ2) is 8.31. The van der Waals surface area contributed by atoms with Crippen molar-refractivity contribution in [3.63, 3.8) is 0 Å². The van der Waals surface area contributed by atoms with E-state index in [0.29, 0.717) is 29.6 Å². The van der Waals surface area contributed by atoms with Crippen LogP contribution in [-0.2, 0) is 9.59 Å². The van der Waals surface area contributed by atoms with Gasteiger partial charge < -0.3 is 19.7 Å². The van der Waals surface area contributed by atoms with Crippen LogP contribution in [0, 0.1) is 5.92 Å².